The van der Waals surface area contributed by atoms with Crippen molar-refractivity contribution in [3.63, 3.8) is 0 Å². The van der Waals surface area contributed by atoms with Gasteiger partial charge in [-0.05, 0) is 49.4 Å². The highest BCUT2D eigenvalue weighted by Crippen LogP contribution is 2.28. The smallest absolute Gasteiger partial charge is 0.277 e. The highest BCUT2D eigenvalue weighted by atomic mass is 32.2. The lowest BCUT2D eigenvalue weighted by Crippen LogP contribution is -2.32. The molecule has 164 valence electrons. The number of thioether (sulfide) groups is 1. The molecular weight excluding hydrogens is 422 g/mol. The van der Waals surface area contributed by atoms with E-state index < -0.39 is 0 Å². The third kappa shape index (κ3) is 4.94. The molecule has 0 atom stereocenters. The lowest BCUT2D eigenvalue weighted by Gasteiger charge is -2.22. The first-order chi connectivity index (χ1) is 15.5. The van der Waals surface area contributed by atoms with Gasteiger partial charge in [-0.25, -0.2) is 0 Å². The standard InChI is InChI=1S/C25H25N3O3S/c1-4-28(21-11-7-9-19-8-5-6-10-20(19)21)24(29)16-32-25-27-26-23(31-25)15-30-22-14-17(2)12-13-18(22)3/h5-14H,4,15-16H2,1-3H3. The van der Waals surface area contributed by atoms with Crippen LogP contribution < -0.4 is 9.64 Å². The maximum absolute atomic E-state index is 13.0. The summed E-state index contributed by atoms with van der Waals surface area (Å²) in [6.07, 6.45) is 0. The van der Waals surface area contributed by atoms with Crippen LogP contribution >= 0.6 is 11.8 Å². The summed E-state index contributed by atoms with van der Waals surface area (Å²) < 4.78 is 11.5. The lowest BCUT2D eigenvalue weighted by atomic mass is 10.1. The number of carbonyl (C=O) groups excluding carboxylic acids is 1. The molecule has 4 rings (SSSR count). The van der Waals surface area contributed by atoms with Gasteiger partial charge in [0.15, 0.2) is 6.61 Å². The Balaban J connectivity index is 1.38. The van der Waals surface area contributed by atoms with Gasteiger partial charge in [-0.15, -0.1) is 10.2 Å². The molecule has 0 aliphatic carbocycles. The zero-order chi connectivity index (χ0) is 22.5. The van der Waals surface area contributed by atoms with Crippen LogP contribution in [0.5, 0.6) is 5.75 Å². The van der Waals surface area contributed by atoms with E-state index in [1.807, 2.05) is 81.4 Å². The molecular formula is C25H25N3O3S. The van der Waals surface area contributed by atoms with E-state index in [0.717, 1.165) is 33.3 Å². The van der Waals surface area contributed by atoms with Crippen molar-refractivity contribution >= 4 is 34.1 Å². The van der Waals surface area contributed by atoms with E-state index in [1.54, 1.807) is 4.90 Å². The Morgan fingerprint density at radius 1 is 1.06 bits per heavy atom. The fraction of sp³-hybridized carbons (Fsp3) is 0.240. The van der Waals surface area contributed by atoms with Gasteiger partial charge < -0.3 is 14.1 Å². The quantitative estimate of drug-likeness (QED) is 0.329. The molecule has 0 N–H and O–H groups in total. The minimum atomic E-state index is -0.0137. The molecule has 0 aliphatic heterocycles. The van der Waals surface area contributed by atoms with Crippen molar-refractivity contribution < 1.29 is 13.9 Å². The van der Waals surface area contributed by atoms with Crippen LogP contribution in [0, 0.1) is 13.8 Å². The van der Waals surface area contributed by atoms with E-state index in [0.29, 0.717) is 17.7 Å². The second kappa shape index (κ2) is 9.87. The summed E-state index contributed by atoms with van der Waals surface area (Å²) in [5.74, 6) is 1.36. The van der Waals surface area contributed by atoms with Crippen LogP contribution in [0.25, 0.3) is 10.8 Å². The zero-order valence-corrected chi connectivity index (χ0v) is 19.2. The van der Waals surface area contributed by atoms with Crippen molar-refractivity contribution in [1.82, 2.24) is 10.2 Å². The molecule has 1 aromatic heterocycles. The van der Waals surface area contributed by atoms with E-state index in [9.17, 15) is 4.79 Å². The topological polar surface area (TPSA) is 68.5 Å². The average molecular weight is 448 g/mol. The Hall–Kier alpha value is -3.32. The number of aromatic nitrogens is 2. The molecule has 0 saturated heterocycles. The number of hydrogen-bond donors (Lipinski definition) is 0. The van der Waals surface area contributed by atoms with Crippen molar-refractivity contribution in [3.8, 4) is 5.75 Å². The van der Waals surface area contributed by atoms with Crippen molar-refractivity contribution in [2.75, 3.05) is 17.2 Å². The van der Waals surface area contributed by atoms with E-state index in [-0.39, 0.29) is 18.3 Å². The second-order valence-electron chi connectivity index (χ2n) is 7.44. The summed E-state index contributed by atoms with van der Waals surface area (Å²) in [6.45, 7) is 6.74. The Kier molecular flexibility index (Phi) is 6.75. The Morgan fingerprint density at radius 3 is 2.72 bits per heavy atom. The molecule has 0 bridgehead atoms. The molecule has 4 aromatic rings. The molecule has 0 unspecified atom stereocenters. The molecule has 7 heteroatoms. The van der Waals surface area contributed by atoms with Gasteiger partial charge in [-0.1, -0.05) is 60.3 Å². The number of aryl methyl sites for hydroxylation is 2. The van der Waals surface area contributed by atoms with Crippen LogP contribution in [0.4, 0.5) is 5.69 Å². The summed E-state index contributed by atoms with van der Waals surface area (Å²) in [5.41, 5.74) is 3.07. The first-order valence-corrected chi connectivity index (χ1v) is 11.5. The Bertz CT molecular complexity index is 1230. The number of ether oxygens (including phenoxy) is 1. The maximum atomic E-state index is 13.0. The van der Waals surface area contributed by atoms with Crippen molar-refractivity contribution in [3.05, 3.63) is 77.7 Å². The summed E-state index contributed by atoms with van der Waals surface area (Å²) in [4.78, 5) is 14.8. The first kappa shape index (κ1) is 21.9. The number of fused-ring (bicyclic) bond motifs is 1. The van der Waals surface area contributed by atoms with E-state index in [2.05, 4.69) is 10.2 Å². The molecule has 6 nitrogen and oxygen atoms in total. The second-order valence-corrected chi connectivity index (χ2v) is 8.37. The van der Waals surface area contributed by atoms with Gasteiger partial charge in [0.2, 0.25) is 5.91 Å². The predicted molar refractivity (Wildman–Crippen MR) is 127 cm³/mol. The molecule has 32 heavy (non-hydrogen) atoms. The fourth-order valence-electron chi connectivity index (χ4n) is 3.48. The molecule has 0 radical (unpaired) electrons. The summed E-state index contributed by atoms with van der Waals surface area (Å²) in [6, 6.07) is 20.1. The van der Waals surface area contributed by atoms with Gasteiger partial charge >= 0.3 is 0 Å². The van der Waals surface area contributed by atoms with Gasteiger partial charge in [0.05, 0.1) is 11.4 Å². The van der Waals surface area contributed by atoms with Crippen LogP contribution in [0.1, 0.15) is 23.9 Å². The minimum Gasteiger partial charge on any atom is -0.484 e. The predicted octanol–water partition coefficient (Wildman–Crippen LogP) is 5.56. The minimum absolute atomic E-state index is 0.0137. The molecule has 0 fully saturated rings. The number of carbonyl (C=O) groups is 1. The third-order valence-corrected chi connectivity index (χ3v) is 5.94. The normalized spacial score (nSPS) is 11.0. The number of rotatable bonds is 8. The van der Waals surface area contributed by atoms with Gasteiger partial charge in [0, 0.05) is 11.9 Å². The van der Waals surface area contributed by atoms with Crippen molar-refractivity contribution in [1.29, 1.82) is 0 Å². The van der Waals surface area contributed by atoms with Gasteiger partial charge in [-0.2, -0.15) is 0 Å². The van der Waals surface area contributed by atoms with Crippen LogP contribution in [-0.4, -0.2) is 28.4 Å². The SMILES string of the molecule is CCN(C(=O)CSc1nnc(COc2cc(C)ccc2C)o1)c1cccc2ccccc12. The third-order valence-electron chi connectivity index (χ3n) is 5.14. The van der Waals surface area contributed by atoms with E-state index in [4.69, 9.17) is 9.15 Å². The molecule has 1 heterocycles. The van der Waals surface area contributed by atoms with Crippen molar-refractivity contribution in [2.45, 2.75) is 32.6 Å². The van der Waals surface area contributed by atoms with Gasteiger partial charge in [0.1, 0.15) is 5.75 Å². The number of nitrogens with zero attached hydrogens (tertiary/aromatic N) is 3. The number of amides is 1. The van der Waals surface area contributed by atoms with Crippen LogP contribution in [0.2, 0.25) is 0 Å². The summed E-state index contributed by atoms with van der Waals surface area (Å²) in [7, 11) is 0. The molecule has 1 amide bonds. The van der Waals surface area contributed by atoms with E-state index in [1.165, 1.54) is 11.8 Å². The Morgan fingerprint density at radius 2 is 1.88 bits per heavy atom. The number of hydrogen-bond acceptors (Lipinski definition) is 6. The van der Waals surface area contributed by atoms with Gasteiger partial charge in [0.25, 0.3) is 11.1 Å². The van der Waals surface area contributed by atoms with Crippen LogP contribution in [0.3, 0.4) is 0 Å². The average Bonchev–Trinajstić information content (AvgIpc) is 3.27. The van der Waals surface area contributed by atoms with E-state index >= 15 is 0 Å². The van der Waals surface area contributed by atoms with Gasteiger partial charge in [-0.3, -0.25) is 4.79 Å². The first-order valence-electron chi connectivity index (χ1n) is 10.5. The maximum Gasteiger partial charge on any atom is 0.277 e. The molecule has 0 saturated carbocycles. The molecule has 3 aromatic carbocycles. The van der Waals surface area contributed by atoms with Crippen LogP contribution in [-0.2, 0) is 11.4 Å². The highest BCUT2D eigenvalue weighted by molar-refractivity contribution is 7.99. The lowest BCUT2D eigenvalue weighted by molar-refractivity contribution is -0.116. The summed E-state index contributed by atoms with van der Waals surface area (Å²) in [5, 5.41) is 10.6. The van der Waals surface area contributed by atoms with Crippen molar-refractivity contribution in [2.24, 2.45) is 0 Å². The zero-order valence-electron chi connectivity index (χ0n) is 18.4. The monoisotopic (exact) mass is 447 g/mol. The Labute approximate surface area is 191 Å². The summed E-state index contributed by atoms with van der Waals surface area (Å²) >= 11 is 1.23. The number of anilines is 1. The van der Waals surface area contributed by atoms with Crippen LogP contribution in [0.15, 0.2) is 70.3 Å². The fourth-order valence-corrected chi connectivity index (χ4v) is 4.14. The number of benzene rings is 3. The molecule has 0 spiro atoms. The molecule has 0 aliphatic rings. The highest BCUT2D eigenvalue weighted by Gasteiger charge is 2.18. The largest absolute Gasteiger partial charge is 0.484 e.